The lowest BCUT2D eigenvalue weighted by atomic mass is 10.0. The predicted molar refractivity (Wildman–Crippen MR) is 104 cm³/mol. The van der Waals surface area contributed by atoms with Crippen molar-refractivity contribution in [1.82, 2.24) is 0 Å². The topological polar surface area (TPSA) is 32.3 Å². The Morgan fingerprint density at radius 2 is 1.16 bits per heavy atom. The minimum atomic E-state index is -0.601. The van der Waals surface area contributed by atoms with Gasteiger partial charge in [-0.25, -0.2) is 0 Å². The van der Waals surface area contributed by atoms with Crippen molar-refractivity contribution in [2.24, 2.45) is 0 Å². The molecule has 122 valence electrons. The highest BCUT2D eigenvalue weighted by atomic mass is 16.3. The van der Waals surface area contributed by atoms with Crippen LogP contribution in [0.5, 0.6) is 0 Å². The van der Waals surface area contributed by atoms with E-state index in [1.54, 1.807) is 0 Å². The number of aliphatic hydroxyl groups is 1. The van der Waals surface area contributed by atoms with E-state index in [-0.39, 0.29) is 0 Å². The first kappa shape index (κ1) is 15.4. The van der Waals surface area contributed by atoms with Crippen LogP contribution in [-0.4, -0.2) is 5.11 Å². The summed E-state index contributed by atoms with van der Waals surface area (Å²) in [6.07, 6.45) is -0.601. The van der Waals surface area contributed by atoms with Crippen molar-refractivity contribution in [3.8, 4) is 0 Å². The highest BCUT2D eigenvalue weighted by Gasteiger charge is 2.09. The van der Waals surface area contributed by atoms with Crippen LogP contribution in [0.25, 0.3) is 10.8 Å². The second-order valence-electron chi connectivity index (χ2n) is 6.12. The third kappa shape index (κ3) is 3.39. The molecule has 0 fully saturated rings. The molecule has 1 atom stereocenters. The first-order chi connectivity index (χ1) is 12.3. The Balaban J connectivity index is 1.53. The predicted octanol–water partition coefficient (Wildman–Crippen LogP) is 5.67. The van der Waals surface area contributed by atoms with Gasteiger partial charge < -0.3 is 10.4 Å². The zero-order valence-electron chi connectivity index (χ0n) is 13.8. The third-order valence-electron chi connectivity index (χ3n) is 4.38. The van der Waals surface area contributed by atoms with Crippen LogP contribution in [0, 0.1) is 0 Å². The van der Waals surface area contributed by atoms with Crippen LogP contribution >= 0.6 is 0 Å². The fourth-order valence-corrected chi connectivity index (χ4v) is 3.01. The summed E-state index contributed by atoms with van der Waals surface area (Å²) in [5.74, 6) is 0. The first-order valence-electron chi connectivity index (χ1n) is 8.38. The summed E-state index contributed by atoms with van der Waals surface area (Å²) in [5.41, 5.74) is 3.84. The number of anilines is 2. The second-order valence-corrected chi connectivity index (χ2v) is 6.12. The van der Waals surface area contributed by atoms with E-state index in [0.717, 1.165) is 22.5 Å². The van der Waals surface area contributed by atoms with Gasteiger partial charge in [-0.2, -0.15) is 0 Å². The van der Waals surface area contributed by atoms with E-state index in [0.29, 0.717) is 0 Å². The summed E-state index contributed by atoms with van der Waals surface area (Å²) >= 11 is 0. The Labute approximate surface area is 147 Å². The van der Waals surface area contributed by atoms with Gasteiger partial charge in [0.2, 0.25) is 0 Å². The Kier molecular flexibility index (Phi) is 4.19. The minimum absolute atomic E-state index is 0.601. The van der Waals surface area contributed by atoms with Gasteiger partial charge >= 0.3 is 0 Å². The van der Waals surface area contributed by atoms with Crippen molar-refractivity contribution >= 4 is 22.1 Å². The minimum Gasteiger partial charge on any atom is -0.384 e. The van der Waals surface area contributed by atoms with Crippen molar-refractivity contribution in [3.05, 3.63) is 108 Å². The zero-order chi connectivity index (χ0) is 17.1. The first-order valence-corrected chi connectivity index (χ1v) is 8.38. The van der Waals surface area contributed by atoms with Gasteiger partial charge in [0, 0.05) is 11.4 Å². The number of fused-ring (bicyclic) bond motifs is 1. The Bertz CT molecular complexity index is 978. The second kappa shape index (κ2) is 6.80. The van der Waals surface area contributed by atoms with E-state index in [2.05, 4.69) is 35.6 Å². The van der Waals surface area contributed by atoms with E-state index in [1.807, 2.05) is 66.7 Å². The maximum absolute atomic E-state index is 10.5. The monoisotopic (exact) mass is 325 g/mol. The molecule has 2 N–H and O–H groups in total. The summed E-state index contributed by atoms with van der Waals surface area (Å²) < 4.78 is 0. The van der Waals surface area contributed by atoms with E-state index in [9.17, 15) is 5.11 Å². The molecule has 4 aromatic rings. The number of hydrogen-bond donors (Lipinski definition) is 2. The van der Waals surface area contributed by atoms with Gasteiger partial charge in [-0.1, -0.05) is 72.8 Å². The number of rotatable bonds is 4. The van der Waals surface area contributed by atoms with Gasteiger partial charge in [0.05, 0.1) is 0 Å². The van der Waals surface area contributed by atoms with Gasteiger partial charge in [-0.15, -0.1) is 0 Å². The molecule has 0 aliphatic rings. The molecule has 4 rings (SSSR count). The number of benzene rings is 4. The largest absolute Gasteiger partial charge is 0.384 e. The van der Waals surface area contributed by atoms with E-state index in [1.165, 1.54) is 10.8 Å². The molecule has 25 heavy (non-hydrogen) atoms. The van der Waals surface area contributed by atoms with Gasteiger partial charge in [0.25, 0.3) is 0 Å². The van der Waals surface area contributed by atoms with Gasteiger partial charge in [0.15, 0.2) is 0 Å². The fraction of sp³-hybridized carbons (Fsp3) is 0.0435. The molecule has 0 bridgehead atoms. The van der Waals surface area contributed by atoms with Gasteiger partial charge in [-0.3, -0.25) is 0 Å². The summed E-state index contributed by atoms with van der Waals surface area (Å²) in [4.78, 5) is 0. The molecule has 1 unspecified atom stereocenters. The van der Waals surface area contributed by atoms with Crippen LogP contribution in [0.4, 0.5) is 11.4 Å². The molecule has 0 saturated heterocycles. The Morgan fingerprint density at radius 3 is 1.92 bits per heavy atom. The number of nitrogens with one attached hydrogen (secondary N) is 1. The average Bonchev–Trinajstić information content (AvgIpc) is 2.69. The molecule has 0 aliphatic carbocycles. The Hall–Kier alpha value is -3.10. The molecular formula is C23H19NO. The highest BCUT2D eigenvalue weighted by Crippen LogP contribution is 2.25. The molecule has 2 heteroatoms. The average molecular weight is 325 g/mol. The van der Waals surface area contributed by atoms with Gasteiger partial charge in [0.1, 0.15) is 6.10 Å². The van der Waals surface area contributed by atoms with Crippen LogP contribution < -0.4 is 5.32 Å². The lowest BCUT2D eigenvalue weighted by Crippen LogP contribution is -1.99. The summed E-state index contributed by atoms with van der Waals surface area (Å²) in [6, 6.07) is 32.3. The van der Waals surface area contributed by atoms with Crippen molar-refractivity contribution < 1.29 is 5.11 Å². The van der Waals surface area contributed by atoms with Crippen molar-refractivity contribution in [1.29, 1.82) is 0 Å². The third-order valence-corrected chi connectivity index (χ3v) is 4.38. The zero-order valence-corrected chi connectivity index (χ0v) is 13.8. The van der Waals surface area contributed by atoms with Crippen LogP contribution in [0.2, 0.25) is 0 Å². The molecule has 0 aliphatic heterocycles. The van der Waals surface area contributed by atoms with Crippen molar-refractivity contribution in [3.63, 3.8) is 0 Å². The maximum atomic E-state index is 10.5. The van der Waals surface area contributed by atoms with Crippen LogP contribution in [-0.2, 0) is 0 Å². The standard InChI is InChI=1S/C23H19NO/c25-23(18-7-2-1-3-8-18)19-11-13-21(14-12-19)24-22-15-10-17-6-4-5-9-20(17)16-22/h1-16,23-25H. The number of hydrogen-bond acceptors (Lipinski definition) is 2. The van der Waals surface area contributed by atoms with Crippen LogP contribution in [0.15, 0.2) is 97.1 Å². The quantitative estimate of drug-likeness (QED) is 0.507. The molecule has 2 nitrogen and oxygen atoms in total. The van der Waals surface area contributed by atoms with E-state index in [4.69, 9.17) is 0 Å². The molecule has 0 spiro atoms. The van der Waals surface area contributed by atoms with Gasteiger partial charge in [-0.05, 0) is 46.2 Å². The molecule has 0 radical (unpaired) electrons. The van der Waals surface area contributed by atoms with E-state index >= 15 is 0 Å². The Morgan fingerprint density at radius 1 is 0.560 bits per heavy atom. The fourth-order valence-electron chi connectivity index (χ4n) is 3.01. The summed E-state index contributed by atoms with van der Waals surface area (Å²) in [5, 5.41) is 16.3. The normalized spacial score (nSPS) is 12.0. The molecule has 0 saturated carbocycles. The SMILES string of the molecule is OC(c1ccccc1)c1ccc(Nc2ccc3ccccc3c2)cc1. The highest BCUT2D eigenvalue weighted by molar-refractivity contribution is 5.86. The molecule has 0 amide bonds. The van der Waals surface area contributed by atoms with Crippen molar-refractivity contribution in [2.45, 2.75) is 6.10 Å². The van der Waals surface area contributed by atoms with Crippen LogP contribution in [0.1, 0.15) is 17.2 Å². The number of aliphatic hydroxyl groups excluding tert-OH is 1. The summed E-state index contributed by atoms with van der Waals surface area (Å²) in [6.45, 7) is 0. The lowest BCUT2D eigenvalue weighted by Gasteiger charge is -2.13. The smallest absolute Gasteiger partial charge is 0.104 e. The molecule has 0 heterocycles. The molecular weight excluding hydrogens is 306 g/mol. The maximum Gasteiger partial charge on any atom is 0.104 e. The summed E-state index contributed by atoms with van der Waals surface area (Å²) in [7, 11) is 0. The lowest BCUT2D eigenvalue weighted by molar-refractivity contribution is 0.220. The van der Waals surface area contributed by atoms with Crippen molar-refractivity contribution in [2.75, 3.05) is 5.32 Å². The molecule has 4 aromatic carbocycles. The van der Waals surface area contributed by atoms with E-state index < -0.39 is 6.10 Å². The van der Waals surface area contributed by atoms with Crippen LogP contribution in [0.3, 0.4) is 0 Å². The molecule has 0 aromatic heterocycles.